The number of carbonyl (C=O) groups excluding carboxylic acids is 1. The molecule has 0 saturated heterocycles. The molecule has 0 spiro atoms. The summed E-state index contributed by atoms with van der Waals surface area (Å²) in [5.41, 5.74) is 3.15. The largest absolute Gasteiger partial charge is 0.326 e. The van der Waals surface area contributed by atoms with Gasteiger partial charge in [0.1, 0.15) is 0 Å². The van der Waals surface area contributed by atoms with E-state index >= 15 is 0 Å². The van der Waals surface area contributed by atoms with Gasteiger partial charge in [-0.25, -0.2) is 0 Å². The number of halogens is 1. The molecule has 1 aromatic rings. The van der Waals surface area contributed by atoms with Gasteiger partial charge in [-0.2, -0.15) is 0 Å². The van der Waals surface area contributed by atoms with Crippen molar-refractivity contribution in [2.75, 3.05) is 5.32 Å². The Morgan fingerprint density at radius 2 is 2.14 bits per heavy atom. The fourth-order valence-electron chi connectivity index (χ4n) is 1.83. The number of rotatable bonds is 0. The predicted octanol–water partition coefficient (Wildman–Crippen LogP) is 2.92. The van der Waals surface area contributed by atoms with Crippen LogP contribution in [0.15, 0.2) is 12.1 Å². The van der Waals surface area contributed by atoms with Gasteiger partial charge in [0, 0.05) is 17.1 Å². The molecular formula is C11H12ClNO. The third-order valence-electron chi connectivity index (χ3n) is 2.50. The molecule has 2 nitrogen and oxygen atoms in total. The molecule has 74 valence electrons. The lowest BCUT2D eigenvalue weighted by molar-refractivity contribution is -0.116. The van der Waals surface area contributed by atoms with Crippen molar-refractivity contribution < 1.29 is 4.79 Å². The number of aryl methyl sites for hydroxylation is 2. The van der Waals surface area contributed by atoms with Crippen molar-refractivity contribution in [2.45, 2.75) is 26.2 Å². The van der Waals surface area contributed by atoms with E-state index in [9.17, 15) is 4.79 Å². The Labute approximate surface area is 88.3 Å². The lowest BCUT2D eigenvalue weighted by atomic mass is 10.0. The fourth-order valence-corrected chi connectivity index (χ4v) is 2.13. The van der Waals surface area contributed by atoms with Gasteiger partial charge in [0.2, 0.25) is 5.91 Å². The number of amides is 1. The first kappa shape index (κ1) is 9.53. The summed E-state index contributed by atoms with van der Waals surface area (Å²) in [6, 6.07) is 3.82. The summed E-state index contributed by atoms with van der Waals surface area (Å²) in [5, 5.41) is 3.67. The first-order chi connectivity index (χ1) is 6.66. The molecule has 1 aliphatic heterocycles. The van der Waals surface area contributed by atoms with E-state index in [1.54, 1.807) is 0 Å². The number of anilines is 1. The van der Waals surface area contributed by atoms with Crippen LogP contribution in [-0.2, 0) is 11.2 Å². The number of fused-ring (bicyclic) bond motifs is 1. The standard InChI is InChI=1S/C11H12ClNO/c1-7-5-9(12)6-8-3-2-4-10(14)13-11(7)8/h5-6H,2-4H2,1H3,(H,13,14). The van der Waals surface area contributed by atoms with E-state index in [0.29, 0.717) is 6.42 Å². The normalized spacial score (nSPS) is 15.7. The average molecular weight is 210 g/mol. The van der Waals surface area contributed by atoms with Gasteiger partial charge in [-0.3, -0.25) is 4.79 Å². The SMILES string of the molecule is Cc1cc(Cl)cc2c1NC(=O)CCC2. The maximum Gasteiger partial charge on any atom is 0.224 e. The highest BCUT2D eigenvalue weighted by atomic mass is 35.5. The molecule has 0 unspecified atom stereocenters. The zero-order valence-corrected chi connectivity index (χ0v) is 8.82. The number of hydrogen-bond acceptors (Lipinski definition) is 1. The Morgan fingerprint density at radius 3 is 2.93 bits per heavy atom. The van der Waals surface area contributed by atoms with Crippen molar-refractivity contribution >= 4 is 23.2 Å². The van der Waals surface area contributed by atoms with Gasteiger partial charge in [-0.15, -0.1) is 0 Å². The maximum atomic E-state index is 11.3. The van der Waals surface area contributed by atoms with Crippen molar-refractivity contribution in [3.8, 4) is 0 Å². The molecule has 0 fully saturated rings. The molecule has 0 aromatic heterocycles. The van der Waals surface area contributed by atoms with Crippen LogP contribution >= 0.6 is 11.6 Å². The Morgan fingerprint density at radius 1 is 1.36 bits per heavy atom. The first-order valence-corrected chi connectivity index (χ1v) is 5.13. The molecule has 0 saturated carbocycles. The third kappa shape index (κ3) is 1.75. The van der Waals surface area contributed by atoms with Crippen molar-refractivity contribution in [3.05, 3.63) is 28.3 Å². The number of nitrogens with one attached hydrogen (secondary N) is 1. The Hall–Kier alpha value is -1.02. The second-order valence-electron chi connectivity index (χ2n) is 3.66. The Kier molecular flexibility index (Phi) is 2.46. The quantitative estimate of drug-likeness (QED) is 0.700. The van der Waals surface area contributed by atoms with Crippen LogP contribution in [0.1, 0.15) is 24.0 Å². The minimum Gasteiger partial charge on any atom is -0.326 e. The number of hydrogen-bond donors (Lipinski definition) is 1. The van der Waals surface area contributed by atoms with Crippen LogP contribution in [0.2, 0.25) is 5.02 Å². The molecule has 0 atom stereocenters. The summed E-state index contributed by atoms with van der Waals surface area (Å²) in [6.45, 7) is 1.97. The monoisotopic (exact) mass is 209 g/mol. The zero-order chi connectivity index (χ0) is 10.1. The van der Waals surface area contributed by atoms with Crippen molar-refractivity contribution in [1.29, 1.82) is 0 Å². The molecular weight excluding hydrogens is 198 g/mol. The molecule has 0 bridgehead atoms. The van der Waals surface area contributed by atoms with Gasteiger partial charge in [0.25, 0.3) is 0 Å². The summed E-state index contributed by atoms with van der Waals surface area (Å²) in [4.78, 5) is 11.3. The molecule has 1 amide bonds. The van der Waals surface area contributed by atoms with Gasteiger partial charge in [0.15, 0.2) is 0 Å². The minimum atomic E-state index is 0.106. The van der Waals surface area contributed by atoms with Gasteiger partial charge < -0.3 is 5.32 Å². The molecule has 1 aromatic carbocycles. The van der Waals surface area contributed by atoms with E-state index in [0.717, 1.165) is 34.7 Å². The van der Waals surface area contributed by atoms with Gasteiger partial charge in [0.05, 0.1) is 0 Å². The van der Waals surface area contributed by atoms with Gasteiger partial charge in [-0.1, -0.05) is 11.6 Å². The van der Waals surface area contributed by atoms with Crippen LogP contribution in [0, 0.1) is 6.92 Å². The summed E-state index contributed by atoms with van der Waals surface area (Å²) in [7, 11) is 0. The van der Waals surface area contributed by atoms with Crippen LogP contribution in [0.4, 0.5) is 5.69 Å². The first-order valence-electron chi connectivity index (χ1n) is 4.75. The molecule has 14 heavy (non-hydrogen) atoms. The topological polar surface area (TPSA) is 29.1 Å². The summed E-state index contributed by atoms with van der Waals surface area (Å²) >= 11 is 5.96. The van der Waals surface area contributed by atoms with Crippen molar-refractivity contribution in [3.63, 3.8) is 0 Å². The highest BCUT2D eigenvalue weighted by Gasteiger charge is 2.14. The molecule has 0 radical (unpaired) electrons. The summed E-state index contributed by atoms with van der Waals surface area (Å²) in [5.74, 6) is 0.106. The minimum absolute atomic E-state index is 0.106. The Bertz CT molecular complexity index is 387. The fraction of sp³-hybridized carbons (Fsp3) is 0.364. The Balaban J connectivity index is 2.50. The van der Waals surface area contributed by atoms with E-state index in [1.807, 2.05) is 19.1 Å². The maximum absolute atomic E-state index is 11.3. The van der Waals surface area contributed by atoms with Crippen LogP contribution < -0.4 is 5.32 Å². The molecule has 2 rings (SSSR count). The van der Waals surface area contributed by atoms with E-state index in [1.165, 1.54) is 0 Å². The van der Waals surface area contributed by atoms with E-state index in [-0.39, 0.29) is 5.91 Å². The van der Waals surface area contributed by atoms with Crippen molar-refractivity contribution in [1.82, 2.24) is 0 Å². The highest BCUT2D eigenvalue weighted by Crippen LogP contribution is 2.28. The molecule has 1 aliphatic rings. The van der Waals surface area contributed by atoms with Crippen LogP contribution in [-0.4, -0.2) is 5.91 Å². The summed E-state index contributed by atoms with van der Waals surface area (Å²) < 4.78 is 0. The third-order valence-corrected chi connectivity index (χ3v) is 2.71. The molecule has 0 aliphatic carbocycles. The number of benzene rings is 1. The predicted molar refractivity (Wildman–Crippen MR) is 57.8 cm³/mol. The second kappa shape index (κ2) is 3.62. The molecule has 3 heteroatoms. The van der Waals surface area contributed by atoms with Gasteiger partial charge >= 0.3 is 0 Å². The van der Waals surface area contributed by atoms with E-state index in [4.69, 9.17) is 11.6 Å². The zero-order valence-electron chi connectivity index (χ0n) is 8.06. The van der Waals surface area contributed by atoms with Crippen LogP contribution in [0.25, 0.3) is 0 Å². The lowest BCUT2D eigenvalue weighted by Crippen LogP contribution is -2.10. The van der Waals surface area contributed by atoms with Crippen molar-refractivity contribution in [2.24, 2.45) is 0 Å². The average Bonchev–Trinajstić information content (AvgIpc) is 2.27. The van der Waals surface area contributed by atoms with E-state index in [2.05, 4.69) is 5.32 Å². The molecule has 1 N–H and O–H groups in total. The van der Waals surface area contributed by atoms with Crippen LogP contribution in [0.5, 0.6) is 0 Å². The highest BCUT2D eigenvalue weighted by molar-refractivity contribution is 6.30. The van der Waals surface area contributed by atoms with Crippen LogP contribution in [0.3, 0.4) is 0 Å². The molecule has 1 heterocycles. The van der Waals surface area contributed by atoms with Gasteiger partial charge in [-0.05, 0) is 43.0 Å². The summed E-state index contributed by atoms with van der Waals surface area (Å²) in [6.07, 6.45) is 2.43. The second-order valence-corrected chi connectivity index (χ2v) is 4.09. The lowest BCUT2D eigenvalue weighted by Gasteiger charge is -2.10. The van der Waals surface area contributed by atoms with E-state index < -0.39 is 0 Å². The smallest absolute Gasteiger partial charge is 0.224 e. The number of carbonyl (C=O) groups is 1.